The topological polar surface area (TPSA) is 98.5 Å². The quantitative estimate of drug-likeness (QED) is 0.787. The lowest BCUT2D eigenvalue weighted by atomic mass is 9.98. The second-order valence-electron chi connectivity index (χ2n) is 6.64. The summed E-state index contributed by atoms with van der Waals surface area (Å²) >= 11 is 0. The van der Waals surface area contributed by atoms with E-state index in [0.29, 0.717) is 0 Å². The molecule has 2 aromatic rings. The average Bonchev–Trinajstić information content (AvgIpc) is 2.97. The van der Waals surface area contributed by atoms with Crippen LogP contribution in [0.5, 0.6) is 0 Å². The van der Waals surface area contributed by atoms with E-state index in [1.807, 2.05) is 36.4 Å². The summed E-state index contributed by atoms with van der Waals surface area (Å²) in [4.78, 5) is 34.8. The van der Waals surface area contributed by atoms with Gasteiger partial charge in [-0.05, 0) is 35.6 Å². The molecule has 0 bridgehead atoms. The van der Waals surface area contributed by atoms with Gasteiger partial charge >= 0.3 is 6.09 Å². The van der Waals surface area contributed by atoms with Gasteiger partial charge in [0.1, 0.15) is 6.61 Å². The first kappa shape index (κ1) is 18.6. The van der Waals surface area contributed by atoms with Gasteiger partial charge in [-0.25, -0.2) is 4.79 Å². The zero-order valence-electron chi connectivity index (χ0n) is 15.1. The summed E-state index contributed by atoms with van der Waals surface area (Å²) in [6.45, 7) is 1.52. The minimum atomic E-state index is -0.784. The Kier molecular flexibility index (Phi) is 5.54. The Morgan fingerprint density at radius 3 is 2.11 bits per heavy atom. The van der Waals surface area contributed by atoms with Gasteiger partial charge < -0.3 is 15.8 Å². The molecule has 1 aliphatic carbocycles. The van der Waals surface area contributed by atoms with E-state index in [-0.39, 0.29) is 31.1 Å². The molecule has 140 valence electrons. The van der Waals surface area contributed by atoms with E-state index >= 15 is 0 Å². The number of benzene rings is 2. The van der Waals surface area contributed by atoms with E-state index in [4.69, 9.17) is 10.5 Å². The second kappa shape index (κ2) is 8.03. The molecular formula is C21H22N2O4. The normalized spacial score (nSPS) is 13.4. The number of hydrogen-bond acceptors (Lipinski definition) is 4. The molecule has 6 heteroatoms. The summed E-state index contributed by atoms with van der Waals surface area (Å²) in [6, 6.07) is 15.3. The third kappa shape index (κ3) is 4.16. The number of nitrogens with one attached hydrogen (secondary N) is 1. The molecular weight excluding hydrogens is 344 g/mol. The highest BCUT2D eigenvalue weighted by atomic mass is 16.5. The summed E-state index contributed by atoms with van der Waals surface area (Å²) in [6.07, 6.45) is -0.496. The molecule has 0 fully saturated rings. The van der Waals surface area contributed by atoms with E-state index < -0.39 is 18.0 Å². The van der Waals surface area contributed by atoms with Crippen molar-refractivity contribution in [3.05, 3.63) is 59.7 Å². The second-order valence-corrected chi connectivity index (χ2v) is 6.64. The number of amides is 2. The number of carbonyl (C=O) groups is 3. The molecule has 0 aliphatic heterocycles. The Morgan fingerprint density at radius 1 is 1.04 bits per heavy atom. The van der Waals surface area contributed by atoms with Crippen LogP contribution in [0.15, 0.2) is 48.5 Å². The smallest absolute Gasteiger partial charge is 0.407 e. The van der Waals surface area contributed by atoms with Gasteiger partial charge in [-0.1, -0.05) is 48.5 Å². The summed E-state index contributed by atoms with van der Waals surface area (Å²) in [5, 5.41) is 2.53. The van der Waals surface area contributed by atoms with Crippen LogP contribution >= 0.6 is 0 Å². The van der Waals surface area contributed by atoms with Crippen LogP contribution < -0.4 is 11.1 Å². The SMILES string of the molecule is CC(=O)[C@H](CCC(N)=O)NC(=O)OCC1c2ccccc2-c2ccccc21. The number of rotatable bonds is 7. The fourth-order valence-corrected chi connectivity index (χ4v) is 3.45. The van der Waals surface area contributed by atoms with Crippen LogP contribution in [-0.2, 0) is 14.3 Å². The van der Waals surface area contributed by atoms with Gasteiger partial charge in [0, 0.05) is 12.3 Å². The van der Waals surface area contributed by atoms with Crippen molar-refractivity contribution in [3.63, 3.8) is 0 Å². The Labute approximate surface area is 157 Å². The number of Topliss-reactive ketones (excluding diaryl/α,β-unsaturated/α-hetero) is 1. The summed E-state index contributed by atoms with van der Waals surface area (Å²) in [5.74, 6) is -0.815. The van der Waals surface area contributed by atoms with Gasteiger partial charge in [0.05, 0.1) is 6.04 Å². The van der Waals surface area contributed by atoms with Crippen molar-refractivity contribution in [1.29, 1.82) is 0 Å². The molecule has 6 nitrogen and oxygen atoms in total. The number of carbonyl (C=O) groups excluding carboxylic acids is 3. The molecule has 0 saturated carbocycles. The van der Waals surface area contributed by atoms with Crippen molar-refractivity contribution >= 4 is 17.8 Å². The van der Waals surface area contributed by atoms with Gasteiger partial charge in [-0.2, -0.15) is 0 Å². The number of alkyl carbamates (subject to hydrolysis) is 1. The van der Waals surface area contributed by atoms with E-state index in [1.54, 1.807) is 0 Å². The van der Waals surface area contributed by atoms with Crippen LogP contribution in [0.2, 0.25) is 0 Å². The molecule has 1 aliphatic rings. The lowest BCUT2D eigenvalue weighted by Gasteiger charge is -2.18. The van der Waals surface area contributed by atoms with Crippen molar-refractivity contribution in [3.8, 4) is 11.1 Å². The van der Waals surface area contributed by atoms with Crippen LogP contribution in [0.1, 0.15) is 36.8 Å². The van der Waals surface area contributed by atoms with Crippen LogP contribution in [-0.4, -0.2) is 30.4 Å². The number of ketones is 1. The van der Waals surface area contributed by atoms with Crippen molar-refractivity contribution in [2.75, 3.05) is 6.61 Å². The number of ether oxygens (including phenoxy) is 1. The number of nitrogens with two attached hydrogens (primary N) is 1. The van der Waals surface area contributed by atoms with E-state index in [9.17, 15) is 14.4 Å². The van der Waals surface area contributed by atoms with Gasteiger partial charge in [0.2, 0.25) is 5.91 Å². The molecule has 0 spiro atoms. The predicted molar refractivity (Wildman–Crippen MR) is 101 cm³/mol. The van der Waals surface area contributed by atoms with E-state index in [1.165, 1.54) is 6.92 Å². The van der Waals surface area contributed by atoms with Gasteiger partial charge in [-0.15, -0.1) is 0 Å². The largest absolute Gasteiger partial charge is 0.449 e. The number of fused-ring (bicyclic) bond motifs is 3. The highest BCUT2D eigenvalue weighted by molar-refractivity contribution is 5.86. The molecule has 3 N–H and O–H groups in total. The Morgan fingerprint density at radius 2 is 1.59 bits per heavy atom. The Bertz CT molecular complexity index is 832. The highest BCUT2D eigenvalue weighted by Crippen LogP contribution is 2.44. The average molecular weight is 366 g/mol. The zero-order valence-corrected chi connectivity index (χ0v) is 15.1. The summed E-state index contributed by atoms with van der Waals surface area (Å²) in [7, 11) is 0. The molecule has 0 radical (unpaired) electrons. The van der Waals surface area contributed by atoms with Crippen molar-refractivity contribution in [2.45, 2.75) is 31.7 Å². The highest BCUT2D eigenvalue weighted by Gasteiger charge is 2.29. The minimum absolute atomic E-state index is 0.0217. The monoisotopic (exact) mass is 366 g/mol. The van der Waals surface area contributed by atoms with Gasteiger partial charge in [0.25, 0.3) is 0 Å². The van der Waals surface area contributed by atoms with Gasteiger partial charge in [0.15, 0.2) is 5.78 Å². The molecule has 0 heterocycles. The molecule has 27 heavy (non-hydrogen) atoms. The maximum absolute atomic E-state index is 12.2. The fraction of sp³-hybridized carbons (Fsp3) is 0.286. The number of hydrogen-bond donors (Lipinski definition) is 2. The third-order valence-corrected chi connectivity index (χ3v) is 4.81. The van der Waals surface area contributed by atoms with Crippen molar-refractivity contribution in [1.82, 2.24) is 5.32 Å². The van der Waals surface area contributed by atoms with Crippen LogP contribution in [0.25, 0.3) is 11.1 Å². The molecule has 2 aromatic carbocycles. The molecule has 2 amide bonds. The number of primary amides is 1. The maximum Gasteiger partial charge on any atom is 0.407 e. The molecule has 1 atom stereocenters. The van der Waals surface area contributed by atoms with Crippen molar-refractivity contribution < 1.29 is 19.1 Å². The lowest BCUT2D eigenvalue weighted by Crippen LogP contribution is -2.41. The zero-order chi connectivity index (χ0) is 19.4. The molecule has 0 unspecified atom stereocenters. The first-order valence-corrected chi connectivity index (χ1v) is 8.87. The Balaban J connectivity index is 1.67. The van der Waals surface area contributed by atoms with E-state index in [2.05, 4.69) is 17.4 Å². The summed E-state index contributed by atoms with van der Waals surface area (Å²) in [5.41, 5.74) is 9.63. The first-order valence-electron chi connectivity index (χ1n) is 8.87. The fourth-order valence-electron chi connectivity index (χ4n) is 3.45. The molecule has 3 rings (SSSR count). The Hall–Kier alpha value is -3.15. The van der Waals surface area contributed by atoms with E-state index in [0.717, 1.165) is 22.3 Å². The minimum Gasteiger partial charge on any atom is -0.449 e. The standard InChI is InChI=1S/C21H22N2O4/c1-13(24)19(10-11-20(22)25)23-21(26)27-12-18-16-8-4-2-6-14(16)15-7-3-5-9-17(15)18/h2-9,18-19H,10-12H2,1H3,(H2,22,25)(H,23,26)/t19-/m0/s1. The maximum atomic E-state index is 12.2. The lowest BCUT2D eigenvalue weighted by molar-refractivity contribution is -0.120. The predicted octanol–water partition coefficient (Wildman–Crippen LogP) is 2.75. The summed E-state index contributed by atoms with van der Waals surface area (Å²) < 4.78 is 5.41. The molecule has 0 saturated heterocycles. The first-order chi connectivity index (χ1) is 13.0. The molecule has 0 aromatic heterocycles. The van der Waals surface area contributed by atoms with Crippen LogP contribution in [0, 0.1) is 0 Å². The van der Waals surface area contributed by atoms with Crippen LogP contribution in [0.4, 0.5) is 4.79 Å². The van der Waals surface area contributed by atoms with Gasteiger partial charge in [-0.3, -0.25) is 9.59 Å². The van der Waals surface area contributed by atoms with Crippen molar-refractivity contribution in [2.24, 2.45) is 5.73 Å². The van der Waals surface area contributed by atoms with Crippen LogP contribution in [0.3, 0.4) is 0 Å². The third-order valence-electron chi connectivity index (χ3n) is 4.81.